The molecule has 0 bridgehead atoms. The molecular formula is C12H11BrFN3O. The second kappa shape index (κ2) is 5.30. The summed E-state index contributed by atoms with van der Waals surface area (Å²) in [6.45, 7) is 0.223. The van der Waals surface area contributed by atoms with Crippen molar-refractivity contribution in [2.24, 2.45) is 0 Å². The van der Waals surface area contributed by atoms with Gasteiger partial charge in [0.15, 0.2) is 0 Å². The molecule has 2 rings (SSSR count). The Morgan fingerprint density at radius 3 is 2.94 bits per heavy atom. The van der Waals surface area contributed by atoms with E-state index in [1.165, 1.54) is 16.8 Å². The maximum absolute atomic E-state index is 13.3. The van der Waals surface area contributed by atoms with Crippen LogP contribution in [0.25, 0.3) is 0 Å². The van der Waals surface area contributed by atoms with E-state index in [1.807, 2.05) is 0 Å². The van der Waals surface area contributed by atoms with Gasteiger partial charge in [-0.15, -0.1) is 0 Å². The number of benzene rings is 1. The predicted octanol–water partition coefficient (Wildman–Crippen LogP) is 2.23. The van der Waals surface area contributed by atoms with Crippen molar-refractivity contribution >= 4 is 21.6 Å². The molecule has 2 aromatic rings. The fourth-order valence-corrected chi connectivity index (χ4v) is 1.91. The number of nitrogens with zero attached hydrogens (tertiary/aromatic N) is 2. The lowest BCUT2D eigenvalue weighted by Crippen LogP contribution is -2.23. The Hall–Kier alpha value is -1.69. The van der Waals surface area contributed by atoms with Gasteiger partial charge in [0.1, 0.15) is 5.82 Å². The fraction of sp³-hybridized carbons (Fsp3) is 0.167. The van der Waals surface area contributed by atoms with E-state index in [0.29, 0.717) is 15.7 Å². The molecule has 94 valence electrons. The predicted molar refractivity (Wildman–Crippen MR) is 71.2 cm³/mol. The minimum atomic E-state index is -0.354. The monoisotopic (exact) mass is 311 g/mol. The van der Waals surface area contributed by atoms with Gasteiger partial charge in [0.05, 0.1) is 22.9 Å². The molecule has 0 amide bonds. The van der Waals surface area contributed by atoms with E-state index in [4.69, 9.17) is 0 Å². The topological polar surface area (TPSA) is 46.9 Å². The van der Waals surface area contributed by atoms with Gasteiger partial charge in [-0.05, 0) is 27.6 Å². The maximum Gasteiger partial charge on any atom is 0.269 e. The van der Waals surface area contributed by atoms with Crippen LogP contribution in [0.4, 0.5) is 10.1 Å². The first kappa shape index (κ1) is 12.8. The SMILES string of the molecule is CNc1cnn(Cc2cccc(F)c2Br)c(=O)c1. The number of hydrogen-bond donors (Lipinski definition) is 1. The second-order valence-electron chi connectivity index (χ2n) is 3.70. The van der Waals surface area contributed by atoms with Crippen LogP contribution in [0, 0.1) is 5.82 Å². The molecule has 4 nitrogen and oxygen atoms in total. The average Bonchev–Trinajstić information content (AvgIpc) is 2.37. The molecule has 1 N–H and O–H groups in total. The number of rotatable bonds is 3. The summed E-state index contributed by atoms with van der Waals surface area (Å²) in [5.74, 6) is -0.354. The zero-order chi connectivity index (χ0) is 13.1. The maximum atomic E-state index is 13.3. The zero-order valence-corrected chi connectivity index (χ0v) is 11.2. The molecule has 18 heavy (non-hydrogen) atoms. The first-order valence-corrected chi connectivity index (χ1v) is 6.09. The number of anilines is 1. The van der Waals surface area contributed by atoms with E-state index in [1.54, 1.807) is 25.4 Å². The van der Waals surface area contributed by atoms with Crippen LogP contribution in [-0.4, -0.2) is 16.8 Å². The summed E-state index contributed by atoms with van der Waals surface area (Å²) in [5, 5.41) is 6.85. The van der Waals surface area contributed by atoms with Gasteiger partial charge in [-0.1, -0.05) is 12.1 Å². The lowest BCUT2D eigenvalue weighted by molar-refractivity contribution is 0.603. The van der Waals surface area contributed by atoms with Crippen LogP contribution in [0.5, 0.6) is 0 Å². The second-order valence-corrected chi connectivity index (χ2v) is 4.50. The highest BCUT2D eigenvalue weighted by molar-refractivity contribution is 9.10. The summed E-state index contributed by atoms with van der Waals surface area (Å²) in [7, 11) is 1.71. The first-order chi connectivity index (χ1) is 8.61. The standard InChI is InChI=1S/C12H11BrFN3O/c1-15-9-5-11(18)17(16-6-9)7-8-3-2-4-10(14)12(8)13/h2-6,15H,7H2,1H3. The Kier molecular flexibility index (Phi) is 3.76. The molecule has 0 unspecified atom stereocenters. The molecule has 0 saturated heterocycles. The number of hydrogen-bond acceptors (Lipinski definition) is 3. The number of halogens is 2. The van der Waals surface area contributed by atoms with E-state index in [9.17, 15) is 9.18 Å². The van der Waals surface area contributed by atoms with Gasteiger partial charge in [-0.25, -0.2) is 9.07 Å². The molecule has 0 atom stereocenters. The highest BCUT2D eigenvalue weighted by Crippen LogP contribution is 2.20. The lowest BCUT2D eigenvalue weighted by Gasteiger charge is -2.08. The van der Waals surface area contributed by atoms with Gasteiger partial charge in [0, 0.05) is 13.1 Å². The Labute approximate surface area is 112 Å². The van der Waals surface area contributed by atoms with Crippen molar-refractivity contribution in [3.63, 3.8) is 0 Å². The Bertz CT molecular complexity index is 627. The van der Waals surface area contributed by atoms with Gasteiger partial charge >= 0.3 is 0 Å². The molecule has 0 aliphatic heterocycles. The van der Waals surface area contributed by atoms with Crippen molar-refractivity contribution in [1.82, 2.24) is 9.78 Å². The van der Waals surface area contributed by atoms with Crippen LogP contribution in [0.15, 0.2) is 39.7 Å². The van der Waals surface area contributed by atoms with Crippen molar-refractivity contribution < 1.29 is 4.39 Å². The van der Waals surface area contributed by atoms with Crippen LogP contribution in [0.1, 0.15) is 5.56 Å². The molecular weight excluding hydrogens is 301 g/mol. The van der Waals surface area contributed by atoms with E-state index in [0.717, 1.165) is 0 Å². The normalized spacial score (nSPS) is 10.4. The van der Waals surface area contributed by atoms with E-state index < -0.39 is 0 Å². The third kappa shape index (κ3) is 2.59. The molecule has 1 aromatic heterocycles. The lowest BCUT2D eigenvalue weighted by atomic mass is 10.2. The minimum absolute atomic E-state index is 0.223. The van der Waals surface area contributed by atoms with Crippen molar-refractivity contribution in [3.05, 3.63) is 56.7 Å². The van der Waals surface area contributed by atoms with Crippen LogP contribution in [0.3, 0.4) is 0 Å². The van der Waals surface area contributed by atoms with E-state index in [2.05, 4.69) is 26.3 Å². The smallest absolute Gasteiger partial charge is 0.269 e. The van der Waals surface area contributed by atoms with Crippen molar-refractivity contribution in [3.8, 4) is 0 Å². The van der Waals surface area contributed by atoms with Gasteiger partial charge in [-0.3, -0.25) is 4.79 Å². The van der Waals surface area contributed by atoms with Crippen LogP contribution in [-0.2, 0) is 6.54 Å². The highest BCUT2D eigenvalue weighted by Gasteiger charge is 2.07. The van der Waals surface area contributed by atoms with Crippen LogP contribution < -0.4 is 10.9 Å². The highest BCUT2D eigenvalue weighted by atomic mass is 79.9. The van der Waals surface area contributed by atoms with Crippen molar-refractivity contribution in [1.29, 1.82) is 0 Å². The van der Waals surface area contributed by atoms with Gasteiger partial charge in [0.2, 0.25) is 0 Å². The number of nitrogens with one attached hydrogen (secondary N) is 1. The summed E-state index contributed by atoms with van der Waals surface area (Å²) in [6.07, 6.45) is 1.55. The van der Waals surface area contributed by atoms with E-state index in [-0.39, 0.29) is 17.9 Å². The van der Waals surface area contributed by atoms with Gasteiger partial charge < -0.3 is 5.32 Å². The van der Waals surface area contributed by atoms with Gasteiger partial charge in [-0.2, -0.15) is 5.10 Å². The summed E-state index contributed by atoms with van der Waals surface area (Å²) < 4.78 is 15.0. The van der Waals surface area contributed by atoms with Gasteiger partial charge in [0.25, 0.3) is 5.56 Å². The quantitative estimate of drug-likeness (QED) is 0.945. The third-order valence-corrected chi connectivity index (χ3v) is 3.40. The Morgan fingerprint density at radius 2 is 2.28 bits per heavy atom. The molecule has 0 radical (unpaired) electrons. The molecule has 0 fully saturated rings. The molecule has 1 aromatic carbocycles. The number of aromatic nitrogens is 2. The molecule has 6 heteroatoms. The first-order valence-electron chi connectivity index (χ1n) is 5.29. The summed E-state index contributed by atoms with van der Waals surface area (Å²) in [5.41, 5.74) is 1.08. The Balaban J connectivity index is 2.35. The molecule has 0 saturated carbocycles. The van der Waals surface area contributed by atoms with E-state index >= 15 is 0 Å². The largest absolute Gasteiger partial charge is 0.387 e. The van der Waals surface area contributed by atoms with Crippen molar-refractivity contribution in [2.75, 3.05) is 12.4 Å². The third-order valence-electron chi connectivity index (χ3n) is 2.51. The Morgan fingerprint density at radius 1 is 1.50 bits per heavy atom. The zero-order valence-electron chi connectivity index (χ0n) is 9.65. The molecule has 0 aliphatic carbocycles. The fourth-order valence-electron chi connectivity index (χ4n) is 1.52. The molecule has 0 spiro atoms. The van der Waals surface area contributed by atoms with Crippen LogP contribution >= 0.6 is 15.9 Å². The van der Waals surface area contributed by atoms with Crippen LogP contribution in [0.2, 0.25) is 0 Å². The molecule has 0 aliphatic rings. The average molecular weight is 312 g/mol. The molecule has 1 heterocycles. The summed E-state index contributed by atoms with van der Waals surface area (Å²) >= 11 is 3.16. The summed E-state index contributed by atoms with van der Waals surface area (Å²) in [4.78, 5) is 11.8. The van der Waals surface area contributed by atoms with Crippen molar-refractivity contribution in [2.45, 2.75) is 6.54 Å². The summed E-state index contributed by atoms with van der Waals surface area (Å²) in [6, 6.07) is 6.14. The minimum Gasteiger partial charge on any atom is -0.387 e.